The summed E-state index contributed by atoms with van der Waals surface area (Å²) in [5.41, 5.74) is 3.33. The lowest BCUT2D eigenvalue weighted by atomic mass is 9.68. The SMILES string of the molecule is COC(=O)[C@H]1CC(=O)N(C)CC/C=C/[C@H](OCC(=O)OC(C)(C)C)[C@@H]2CC[C@H]2CN2C[C@@]3(CCCc4cc(Cl)ccc43)COc3ccc1cc32. The van der Waals surface area contributed by atoms with Gasteiger partial charge in [-0.1, -0.05) is 35.9 Å². The second-order valence-corrected chi connectivity index (χ2v) is 15.9. The van der Waals surface area contributed by atoms with Crippen LogP contribution in [-0.4, -0.2) is 81.5 Å². The monoisotopic (exact) mass is 706 g/mol. The number of nitrogens with zero attached hydrogens (tertiary/aromatic N) is 2. The van der Waals surface area contributed by atoms with Crippen molar-refractivity contribution in [2.75, 3.05) is 51.9 Å². The highest BCUT2D eigenvalue weighted by atomic mass is 35.5. The Bertz CT molecular complexity index is 1620. The number of esters is 2. The number of ether oxygens (including phenoxy) is 4. The summed E-state index contributed by atoms with van der Waals surface area (Å²) in [4.78, 5) is 43.5. The Kier molecular flexibility index (Phi) is 10.8. The lowest BCUT2D eigenvalue weighted by molar-refractivity contribution is -0.163. The Morgan fingerprint density at radius 2 is 1.94 bits per heavy atom. The highest BCUT2D eigenvalue weighted by Gasteiger charge is 2.45. The first-order chi connectivity index (χ1) is 23.9. The third-order valence-corrected chi connectivity index (χ3v) is 11.1. The van der Waals surface area contributed by atoms with Crippen molar-refractivity contribution in [1.29, 1.82) is 0 Å². The number of halogens is 1. The normalized spacial score (nSPS) is 27.6. The number of anilines is 1. The number of hydrogen-bond donors (Lipinski definition) is 0. The number of rotatable bonds is 4. The molecule has 1 fully saturated rings. The van der Waals surface area contributed by atoms with Gasteiger partial charge in [-0.25, -0.2) is 4.79 Å². The van der Waals surface area contributed by atoms with Gasteiger partial charge in [0, 0.05) is 43.5 Å². The van der Waals surface area contributed by atoms with Gasteiger partial charge in [0.2, 0.25) is 5.91 Å². The molecule has 2 aliphatic heterocycles. The fourth-order valence-corrected chi connectivity index (χ4v) is 8.37. The van der Waals surface area contributed by atoms with E-state index in [0.29, 0.717) is 19.6 Å². The molecule has 2 aromatic carbocycles. The summed E-state index contributed by atoms with van der Waals surface area (Å²) >= 11 is 6.47. The molecule has 10 heteroatoms. The standard InChI is InChI=1S/C40H51ClN2O7/c1-39(2,3)50-37(45)23-48-34-10-6-7-18-42(4)36(44)21-31(38(46)47-5)26-12-16-35-33(20-26)43(22-28-11-14-30(28)34)24-40(25-49-35)17-8-9-27-19-29(41)13-15-32(27)40/h6,10,12-13,15-16,19-20,28,30-31,34H,7-9,11,14,17-18,21-25H2,1-5H3/b10-6+/t28-,30+,31-,34-,40-/m0/s1. The molecule has 0 radical (unpaired) electrons. The van der Waals surface area contributed by atoms with Crippen molar-refractivity contribution in [3.63, 3.8) is 0 Å². The first kappa shape index (κ1) is 36.2. The van der Waals surface area contributed by atoms with Crippen LogP contribution in [0, 0.1) is 11.8 Å². The molecule has 5 atom stereocenters. The van der Waals surface area contributed by atoms with Gasteiger partial charge < -0.3 is 28.7 Å². The van der Waals surface area contributed by atoms with E-state index in [1.807, 2.05) is 51.1 Å². The van der Waals surface area contributed by atoms with Gasteiger partial charge in [-0.3, -0.25) is 9.59 Å². The summed E-state index contributed by atoms with van der Waals surface area (Å²) in [6.45, 7) is 7.91. The third-order valence-electron chi connectivity index (χ3n) is 10.9. The third kappa shape index (κ3) is 7.99. The van der Waals surface area contributed by atoms with E-state index in [0.717, 1.165) is 67.2 Å². The molecule has 1 saturated carbocycles. The van der Waals surface area contributed by atoms with Gasteiger partial charge in [-0.15, -0.1) is 0 Å². The van der Waals surface area contributed by atoms with Gasteiger partial charge in [-0.2, -0.15) is 0 Å². The number of amides is 1. The quantitative estimate of drug-likeness (QED) is 0.258. The lowest BCUT2D eigenvalue weighted by Crippen LogP contribution is -2.50. The van der Waals surface area contributed by atoms with Crippen molar-refractivity contribution in [3.8, 4) is 5.75 Å². The molecule has 0 unspecified atom stereocenters. The van der Waals surface area contributed by atoms with Crippen LogP contribution in [0.15, 0.2) is 48.6 Å². The van der Waals surface area contributed by atoms with Crippen LogP contribution in [0.25, 0.3) is 0 Å². The zero-order chi connectivity index (χ0) is 35.6. The van der Waals surface area contributed by atoms with E-state index in [-0.39, 0.29) is 48.3 Å². The Balaban J connectivity index is 1.39. The maximum Gasteiger partial charge on any atom is 0.332 e. The van der Waals surface area contributed by atoms with Crippen LogP contribution in [0.4, 0.5) is 5.69 Å². The van der Waals surface area contributed by atoms with Crippen molar-refractivity contribution in [2.24, 2.45) is 11.8 Å². The van der Waals surface area contributed by atoms with Crippen LogP contribution in [0.5, 0.6) is 5.75 Å². The van der Waals surface area contributed by atoms with E-state index in [1.54, 1.807) is 11.9 Å². The highest BCUT2D eigenvalue weighted by Crippen LogP contribution is 2.47. The summed E-state index contributed by atoms with van der Waals surface area (Å²) in [6, 6.07) is 12.1. The topological polar surface area (TPSA) is 94.6 Å². The maximum absolute atomic E-state index is 13.5. The molecule has 9 nitrogen and oxygen atoms in total. The smallest absolute Gasteiger partial charge is 0.332 e. The first-order valence-electron chi connectivity index (χ1n) is 18.0. The predicted octanol–water partition coefficient (Wildman–Crippen LogP) is 6.63. The van der Waals surface area contributed by atoms with E-state index < -0.39 is 17.5 Å². The molecular formula is C40H51ClN2O7. The fraction of sp³-hybridized carbons (Fsp3) is 0.575. The van der Waals surface area contributed by atoms with E-state index in [9.17, 15) is 14.4 Å². The molecule has 1 amide bonds. The van der Waals surface area contributed by atoms with Crippen LogP contribution in [0.2, 0.25) is 5.02 Å². The molecule has 6 rings (SSSR count). The number of carbonyl (C=O) groups excluding carboxylic acids is 3. The first-order valence-corrected chi connectivity index (χ1v) is 18.4. The van der Waals surface area contributed by atoms with E-state index in [2.05, 4.69) is 23.1 Å². The average Bonchev–Trinajstić information content (AvgIpc) is 3.21. The Morgan fingerprint density at radius 3 is 2.68 bits per heavy atom. The van der Waals surface area contributed by atoms with Crippen LogP contribution >= 0.6 is 11.6 Å². The van der Waals surface area contributed by atoms with Crippen molar-refractivity contribution in [1.82, 2.24) is 4.90 Å². The number of hydrogen-bond acceptors (Lipinski definition) is 8. The van der Waals surface area contributed by atoms with Crippen LogP contribution in [0.3, 0.4) is 0 Å². The summed E-state index contributed by atoms with van der Waals surface area (Å²) in [7, 11) is 3.13. The zero-order valence-electron chi connectivity index (χ0n) is 30.0. The molecular weight excluding hydrogens is 656 g/mol. The molecule has 2 aromatic rings. The van der Waals surface area contributed by atoms with Gasteiger partial charge in [-0.05, 0) is 112 Å². The Hall–Kier alpha value is -3.56. The van der Waals surface area contributed by atoms with Gasteiger partial charge in [0.25, 0.3) is 0 Å². The predicted molar refractivity (Wildman–Crippen MR) is 193 cm³/mol. The molecule has 1 spiro atoms. The minimum Gasteiger partial charge on any atom is -0.490 e. The molecule has 0 N–H and O–H groups in total. The van der Waals surface area contributed by atoms with Gasteiger partial charge in [0.05, 0.1) is 31.4 Å². The molecule has 0 aromatic heterocycles. The molecule has 270 valence electrons. The van der Waals surface area contributed by atoms with Crippen molar-refractivity contribution >= 4 is 35.1 Å². The number of aryl methyl sites for hydroxylation is 1. The number of benzene rings is 2. The molecule has 50 heavy (non-hydrogen) atoms. The van der Waals surface area contributed by atoms with Gasteiger partial charge in [0.15, 0.2) is 0 Å². The number of carbonyl (C=O) groups is 3. The number of methoxy groups -OCH3 is 1. The lowest BCUT2D eigenvalue weighted by Gasteiger charge is -2.46. The Morgan fingerprint density at radius 1 is 1.12 bits per heavy atom. The number of fused-ring (bicyclic) bond motifs is 4. The van der Waals surface area contributed by atoms with Gasteiger partial charge >= 0.3 is 11.9 Å². The molecule has 2 heterocycles. The second kappa shape index (κ2) is 15.0. The summed E-state index contributed by atoms with van der Waals surface area (Å²) in [5.74, 6) is -0.478. The van der Waals surface area contributed by atoms with Crippen LogP contribution in [-0.2, 0) is 40.4 Å². The largest absolute Gasteiger partial charge is 0.490 e. The zero-order valence-corrected chi connectivity index (χ0v) is 30.8. The van der Waals surface area contributed by atoms with E-state index in [4.69, 9.17) is 30.5 Å². The molecule has 2 aliphatic carbocycles. The van der Waals surface area contributed by atoms with Crippen molar-refractivity contribution in [2.45, 2.75) is 88.8 Å². The fourth-order valence-electron chi connectivity index (χ4n) is 8.18. The summed E-state index contributed by atoms with van der Waals surface area (Å²) < 4.78 is 23.8. The minimum absolute atomic E-state index is 0.00305. The minimum atomic E-state index is -0.748. The molecule has 4 aliphatic rings. The van der Waals surface area contributed by atoms with Crippen LogP contribution in [0.1, 0.15) is 81.9 Å². The average molecular weight is 707 g/mol. The van der Waals surface area contributed by atoms with Crippen LogP contribution < -0.4 is 9.64 Å². The summed E-state index contributed by atoms with van der Waals surface area (Å²) in [5, 5.41) is 0.741. The molecule has 2 bridgehead atoms. The highest BCUT2D eigenvalue weighted by molar-refractivity contribution is 6.30. The Labute approximate surface area is 301 Å². The second-order valence-electron chi connectivity index (χ2n) is 15.5. The molecule has 0 saturated heterocycles. The van der Waals surface area contributed by atoms with Crippen molar-refractivity contribution in [3.05, 3.63) is 70.3 Å². The van der Waals surface area contributed by atoms with Gasteiger partial charge in [0.1, 0.15) is 18.0 Å². The summed E-state index contributed by atoms with van der Waals surface area (Å²) in [6.07, 6.45) is 9.42. The van der Waals surface area contributed by atoms with Crippen molar-refractivity contribution < 1.29 is 33.3 Å². The van der Waals surface area contributed by atoms with E-state index in [1.165, 1.54) is 18.2 Å². The maximum atomic E-state index is 13.5. The van der Waals surface area contributed by atoms with E-state index >= 15 is 0 Å².